The van der Waals surface area contributed by atoms with Crippen LogP contribution in [0.5, 0.6) is 5.75 Å². The molecular formula is C24H25F3N4O4. The highest BCUT2D eigenvalue weighted by atomic mass is 19.4. The van der Waals surface area contributed by atoms with E-state index in [1.807, 2.05) is 38.1 Å². The Kier molecular flexibility index (Phi) is 7.68. The fraction of sp³-hybridized carbons (Fsp3) is 0.292. The molecule has 0 fully saturated rings. The Morgan fingerprint density at radius 1 is 1.17 bits per heavy atom. The van der Waals surface area contributed by atoms with Crippen molar-refractivity contribution in [3.05, 3.63) is 71.8 Å². The van der Waals surface area contributed by atoms with E-state index in [4.69, 9.17) is 4.74 Å². The quantitative estimate of drug-likeness (QED) is 0.500. The molecule has 1 heterocycles. The van der Waals surface area contributed by atoms with Gasteiger partial charge in [-0.1, -0.05) is 31.2 Å². The molecule has 0 saturated heterocycles. The van der Waals surface area contributed by atoms with Gasteiger partial charge in [-0.2, -0.15) is 13.2 Å². The van der Waals surface area contributed by atoms with Crippen LogP contribution in [-0.4, -0.2) is 41.4 Å². The van der Waals surface area contributed by atoms with Crippen LogP contribution in [0.1, 0.15) is 29.7 Å². The summed E-state index contributed by atoms with van der Waals surface area (Å²) in [6, 6.07) is 10.6. The summed E-state index contributed by atoms with van der Waals surface area (Å²) in [5, 5.41) is 2.81. The van der Waals surface area contributed by atoms with Crippen molar-refractivity contribution in [1.82, 2.24) is 14.9 Å². The van der Waals surface area contributed by atoms with E-state index >= 15 is 0 Å². The minimum absolute atomic E-state index is 0.0906. The number of nitrogens with zero attached hydrogens (tertiary/aromatic N) is 3. The lowest BCUT2D eigenvalue weighted by molar-refractivity contribution is -0.199. The van der Waals surface area contributed by atoms with E-state index in [2.05, 4.69) is 15.1 Å². The summed E-state index contributed by atoms with van der Waals surface area (Å²) < 4.78 is 45.8. The van der Waals surface area contributed by atoms with Gasteiger partial charge in [-0.25, -0.2) is 14.6 Å². The van der Waals surface area contributed by atoms with Crippen molar-refractivity contribution < 1.29 is 32.3 Å². The number of urea groups is 1. The lowest BCUT2D eigenvalue weighted by atomic mass is 9.96. The number of imidazole rings is 1. The lowest BCUT2D eigenvalue weighted by Crippen LogP contribution is -2.45. The second-order valence-corrected chi connectivity index (χ2v) is 7.89. The molecule has 2 aromatic carbocycles. The van der Waals surface area contributed by atoms with Crippen LogP contribution in [0.2, 0.25) is 0 Å². The zero-order chi connectivity index (χ0) is 25.8. The Bertz CT molecular complexity index is 1210. The summed E-state index contributed by atoms with van der Waals surface area (Å²) in [5.41, 5.74) is 3.09. The number of hydrogen-bond acceptors (Lipinski definition) is 5. The number of carbonyl (C=O) groups is 2. The molecule has 0 bridgehead atoms. The van der Waals surface area contributed by atoms with E-state index in [0.29, 0.717) is 5.69 Å². The van der Waals surface area contributed by atoms with Crippen molar-refractivity contribution >= 4 is 17.7 Å². The standard InChI is InChI=1S/C24H25F3N4O4/c1-15-7-5-6-8-19(15)16(2)12-28-23(33)31(35-22(32)24(25,26)27)18-9-10-20(21(11-18)34-4)30-13-17(3)29-14-30/h5-11,13-14,16H,12H2,1-4H3,(H,28,33). The Balaban J connectivity index is 1.88. The fourth-order valence-corrected chi connectivity index (χ4v) is 3.47. The smallest absolute Gasteiger partial charge is 0.493 e. The van der Waals surface area contributed by atoms with Gasteiger partial charge in [-0.15, -0.1) is 5.06 Å². The van der Waals surface area contributed by atoms with Gasteiger partial charge >= 0.3 is 18.2 Å². The number of halogens is 3. The van der Waals surface area contributed by atoms with Gasteiger partial charge in [-0.3, -0.25) is 0 Å². The molecule has 0 spiro atoms. The predicted octanol–water partition coefficient (Wildman–Crippen LogP) is 4.84. The van der Waals surface area contributed by atoms with Crippen LogP contribution in [-0.2, 0) is 9.63 Å². The summed E-state index contributed by atoms with van der Waals surface area (Å²) in [6.07, 6.45) is -2.04. The molecule has 11 heteroatoms. The van der Waals surface area contributed by atoms with Crippen LogP contribution in [0.25, 0.3) is 5.69 Å². The van der Waals surface area contributed by atoms with Crippen LogP contribution in [0.3, 0.4) is 0 Å². The monoisotopic (exact) mass is 490 g/mol. The highest BCUT2D eigenvalue weighted by Crippen LogP contribution is 2.30. The molecule has 2 amide bonds. The molecule has 0 aliphatic rings. The van der Waals surface area contributed by atoms with Gasteiger partial charge in [0.1, 0.15) is 5.75 Å². The van der Waals surface area contributed by atoms with E-state index in [1.54, 1.807) is 17.7 Å². The first-order valence-electron chi connectivity index (χ1n) is 10.6. The van der Waals surface area contributed by atoms with Gasteiger partial charge in [0, 0.05) is 18.8 Å². The van der Waals surface area contributed by atoms with Gasteiger partial charge in [0.05, 0.1) is 30.5 Å². The molecular weight excluding hydrogens is 465 g/mol. The zero-order valence-electron chi connectivity index (χ0n) is 19.6. The molecule has 1 atom stereocenters. The summed E-state index contributed by atoms with van der Waals surface area (Å²) in [4.78, 5) is 33.1. The van der Waals surface area contributed by atoms with Crippen molar-refractivity contribution in [1.29, 1.82) is 0 Å². The van der Waals surface area contributed by atoms with Gasteiger partial charge in [0.25, 0.3) is 0 Å². The van der Waals surface area contributed by atoms with Gasteiger partial charge in [0.2, 0.25) is 0 Å². The van der Waals surface area contributed by atoms with E-state index < -0.39 is 18.2 Å². The molecule has 3 aromatic rings. The van der Waals surface area contributed by atoms with Crippen LogP contribution in [0, 0.1) is 13.8 Å². The first-order valence-corrected chi connectivity index (χ1v) is 10.6. The molecule has 186 valence electrons. The number of rotatable bonds is 6. The summed E-state index contributed by atoms with van der Waals surface area (Å²) in [7, 11) is 1.36. The normalized spacial score (nSPS) is 12.1. The second-order valence-electron chi connectivity index (χ2n) is 7.89. The van der Waals surface area contributed by atoms with Gasteiger partial charge in [-0.05, 0) is 43.0 Å². The van der Waals surface area contributed by atoms with Crippen molar-refractivity contribution in [3.63, 3.8) is 0 Å². The van der Waals surface area contributed by atoms with Crippen molar-refractivity contribution in [2.45, 2.75) is 32.9 Å². The summed E-state index contributed by atoms with van der Waals surface area (Å²) >= 11 is 0. The van der Waals surface area contributed by atoms with Crippen LogP contribution < -0.4 is 15.1 Å². The number of benzene rings is 2. The van der Waals surface area contributed by atoms with E-state index in [9.17, 15) is 22.8 Å². The number of carbonyl (C=O) groups excluding carboxylic acids is 2. The number of alkyl halides is 3. The maximum Gasteiger partial charge on any atom is 0.493 e. The first kappa shape index (κ1) is 25.6. The van der Waals surface area contributed by atoms with Crippen LogP contribution in [0.4, 0.5) is 23.7 Å². The maximum absolute atomic E-state index is 12.9. The number of methoxy groups -OCH3 is 1. The number of amides is 2. The highest BCUT2D eigenvalue weighted by molar-refractivity contribution is 5.93. The number of nitrogens with one attached hydrogen (secondary N) is 1. The Labute approximate surface area is 200 Å². The molecule has 8 nitrogen and oxygen atoms in total. The Morgan fingerprint density at radius 2 is 1.89 bits per heavy atom. The van der Waals surface area contributed by atoms with E-state index in [1.165, 1.54) is 31.6 Å². The number of aromatic nitrogens is 2. The third-order valence-corrected chi connectivity index (χ3v) is 5.26. The molecule has 0 radical (unpaired) electrons. The molecule has 1 N–H and O–H groups in total. The fourth-order valence-electron chi connectivity index (χ4n) is 3.47. The Morgan fingerprint density at radius 3 is 2.49 bits per heavy atom. The van der Waals surface area contributed by atoms with Gasteiger partial charge in [0.15, 0.2) is 0 Å². The molecule has 0 aliphatic carbocycles. The van der Waals surface area contributed by atoms with Crippen LogP contribution >= 0.6 is 0 Å². The third-order valence-electron chi connectivity index (χ3n) is 5.26. The number of aryl methyl sites for hydroxylation is 2. The van der Waals surface area contributed by atoms with E-state index in [0.717, 1.165) is 16.8 Å². The molecule has 1 unspecified atom stereocenters. The third kappa shape index (κ3) is 6.11. The average molecular weight is 490 g/mol. The van der Waals surface area contributed by atoms with Crippen molar-refractivity contribution in [2.75, 3.05) is 18.7 Å². The largest absolute Gasteiger partial charge is 0.494 e. The average Bonchev–Trinajstić information content (AvgIpc) is 3.25. The zero-order valence-corrected chi connectivity index (χ0v) is 19.6. The number of hydrogen-bond donors (Lipinski definition) is 1. The highest BCUT2D eigenvalue weighted by Gasteiger charge is 2.44. The van der Waals surface area contributed by atoms with Crippen molar-refractivity contribution in [2.24, 2.45) is 0 Å². The predicted molar refractivity (Wildman–Crippen MR) is 122 cm³/mol. The number of ether oxygens (including phenoxy) is 1. The maximum atomic E-state index is 12.9. The molecule has 35 heavy (non-hydrogen) atoms. The molecule has 3 rings (SSSR count). The van der Waals surface area contributed by atoms with Crippen molar-refractivity contribution in [3.8, 4) is 11.4 Å². The molecule has 0 aliphatic heterocycles. The SMILES string of the molecule is COc1cc(N(OC(=O)C(F)(F)F)C(=O)NCC(C)c2ccccc2C)ccc1-n1cnc(C)c1. The number of hydroxylamine groups is 1. The minimum atomic E-state index is -5.30. The topological polar surface area (TPSA) is 85.7 Å². The summed E-state index contributed by atoms with van der Waals surface area (Å²) in [5.74, 6) is -2.47. The number of anilines is 1. The first-order chi connectivity index (χ1) is 16.5. The van der Waals surface area contributed by atoms with E-state index in [-0.39, 0.29) is 29.0 Å². The minimum Gasteiger partial charge on any atom is -0.494 e. The molecule has 0 saturated carbocycles. The second kappa shape index (κ2) is 10.5. The molecule has 1 aromatic heterocycles. The van der Waals surface area contributed by atoms with Crippen LogP contribution in [0.15, 0.2) is 55.0 Å². The Hall–Kier alpha value is -4.02. The lowest BCUT2D eigenvalue weighted by Gasteiger charge is -2.24. The summed E-state index contributed by atoms with van der Waals surface area (Å²) in [6.45, 7) is 5.66. The van der Waals surface area contributed by atoms with Gasteiger partial charge < -0.3 is 19.5 Å².